The molecule has 3 aromatic rings. The van der Waals surface area contributed by atoms with Crippen molar-refractivity contribution in [1.29, 1.82) is 0 Å². The predicted molar refractivity (Wildman–Crippen MR) is 164 cm³/mol. The molecule has 3 aromatic carbocycles. The number of benzene rings is 3. The SMILES string of the molecule is CCCCCCCCSc1ccc(-c2ccc(OC(=O)c3ccc(CCCCCCCC)cc3)cc2)cc1. The highest BCUT2D eigenvalue weighted by atomic mass is 32.2. The summed E-state index contributed by atoms with van der Waals surface area (Å²) in [6.07, 6.45) is 16.9. The highest BCUT2D eigenvalue weighted by Gasteiger charge is 2.09. The summed E-state index contributed by atoms with van der Waals surface area (Å²) in [7, 11) is 0. The molecular formula is C35H46O2S. The number of carbonyl (C=O) groups excluding carboxylic acids is 1. The zero-order valence-corrected chi connectivity index (χ0v) is 24.4. The van der Waals surface area contributed by atoms with Crippen LogP contribution in [0, 0.1) is 0 Å². The molecule has 0 aliphatic rings. The fraction of sp³-hybridized carbons (Fsp3) is 0.457. The second-order valence-corrected chi connectivity index (χ2v) is 11.4. The maximum atomic E-state index is 12.6. The van der Waals surface area contributed by atoms with Crippen molar-refractivity contribution in [2.45, 2.75) is 102 Å². The Balaban J connectivity index is 1.41. The Bertz CT molecular complexity index is 1040. The van der Waals surface area contributed by atoms with Crippen LogP contribution in [-0.4, -0.2) is 11.7 Å². The Morgan fingerprint density at radius 2 is 1.13 bits per heavy atom. The standard InChI is InChI=1S/C35H46O2S/c1-3-5-7-9-11-13-15-29-16-18-32(19-17-29)35(36)37-33-24-20-30(21-25-33)31-22-26-34(27-23-31)38-28-14-12-10-8-6-4-2/h16-27H,3-15,28H2,1-2H3. The lowest BCUT2D eigenvalue weighted by Crippen LogP contribution is -2.08. The summed E-state index contributed by atoms with van der Waals surface area (Å²) in [6.45, 7) is 4.51. The van der Waals surface area contributed by atoms with Crippen LogP contribution in [0.2, 0.25) is 0 Å². The third kappa shape index (κ3) is 11.1. The van der Waals surface area contributed by atoms with Crippen molar-refractivity contribution in [3.8, 4) is 16.9 Å². The molecule has 0 unspecified atom stereocenters. The van der Waals surface area contributed by atoms with Gasteiger partial charge in [-0.3, -0.25) is 0 Å². The second kappa shape index (κ2) is 17.9. The predicted octanol–water partition coefficient (Wildman–Crippen LogP) is 10.9. The van der Waals surface area contributed by atoms with Gasteiger partial charge in [-0.2, -0.15) is 0 Å². The number of ether oxygens (including phenoxy) is 1. The average molecular weight is 531 g/mol. The highest BCUT2D eigenvalue weighted by molar-refractivity contribution is 7.99. The van der Waals surface area contributed by atoms with E-state index >= 15 is 0 Å². The largest absolute Gasteiger partial charge is 0.423 e. The van der Waals surface area contributed by atoms with Gasteiger partial charge in [0.15, 0.2) is 0 Å². The summed E-state index contributed by atoms with van der Waals surface area (Å²) in [5.74, 6) is 1.45. The van der Waals surface area contributed by atoms with Crippen LogP contribution in [-0.2, 0) is 6.42 Å². The molecule has 3 rings (SSSR count). The first-order valence-electron chi connectivity index (χ1n) is 14.8. The van der Waals surface area contributed by atoms with Crippen LogP contribution in [0.15, 0.2) is 77.7 Å². The lowest BCUT2D eigenvalue weighted by molar-refractivity contribution is 0.0735. The van der Waals surface area contributed by atoms with Crippen LogP contribution in [0.4, 0.5) is 0 Å². The third-order valence-corrected chi connectivity index (χ3v) is 8.13. The number of thioether (sulfide) groups is 1. The molecule has 0 aliphatic heterocycles. The van der Waals surface area contributed by atoms with Crippen molar-refractivity contribution >= 4 is 17.7 Å². The van der Waals surface area contributed by atoms with Crippen LogP contribution in [0.25, 0.3) is 11.1 Å². The minimum absolute atomic E-state index is 0.310. The minimum atomic E-state index is -0.310. The number of esters is 1. The Hall–Kier alpha value is -2.52. The first-order chi connectivity index (χ1) is 18.7. The minimum Gasteiger partial charge on any atom is -0.423 e. The van der Waals surface area contributed by atoms with Crippen molar-refractivity contribution in [3.63, 3.8) is 0 Å². The second-order valence-electron chi connectivity index (χ2n) is 10.3. The van der Waals surface area contributed by atoms with E-state index in [0.717, 1.165) is 12.0 Å². The van der Waals surface area contributed by atoms with Crippen LogP contribution in [0.5, 0.6) is 5.75 Å². The first-order valence-corrected chi connectivity index (χ1v) is 15.8. The van der Waals surface area contributed by atoms with Gasteiger partial charge in [0, 0.05) is 4.90 Å². The van der Waals surface area contributed by atoms with Crippen LogP contribution in [0.1, 0.15) is 107 Å². The van der Waals surface area contributed by atoms with Gasteiger partial charge in [-0.05, 0) is 78.1 Å². The van der Waals surface area contributed by atoms with Gasteiger partial charge in [-0.1, -0.05) is 114 Å². The van der Waals surface area contributed by atoms with E-state index < -0.39 is 0 Å². The van der Waals surface area contributed by atoms with Crippen LogP contribution >= 0.6 is 11.8 Å². The summed E-state index contributed by atoms with van der Waals surface area (Å²) in [6, 6.07) is 24.4. The molecule has 0 fully saturated rings. The summed E-state index contributed by atoms with van der Waals surface area (Å²) in [5.41, 5.74) is 4.17. The highest BCUT2D eigenvalue weighted by Crippen LogP contribution is 2.27. The monoisotopic (exact) mass is 530 g/mol. The Morgan fingerprint density at radius 3 is 1.74 bits per heavy atom. The molecule has 0 spiro atoms. The zero-order valence-electron chi connectivity index (χ0n) is 23.6. The molecule has 0 saturated carbocycles. The zero-order chi connectivity index (χ0) is 26.8. The molecule has 2 nitrogen and oxygen atoms in total. The molecule has 0 saturated heterocycles. The molecule has 3 heteroatoms. The molecule has 0 heterocycles. The van der Waals surface area contributed by atoms with Gasteiger partial charge in [0.1, 0.15) is 5.75 Å². The summed E-state index contributed by atoms with van der Waals surface area (Å²) < 4.78 is 5.63. The topological polar surface area (TPSA) is 26.3 Å². The smallest absolute Gasteiger partial charge is 0.343 e. The van der Waals surface area contributed by atoms with Crippen molar-refractivity contribution in [1.82, 2.24) is 0 Å². The van der Waals surface area contributed by atoms with Gasteiger partial charge in [0.05, 0.1) is 5.56 Å². The molecule has 0 bridgehead atoms. The van der Waals surface area contributed by atoms with Gasteiger partial charge >= 0.3 is 5.97 Å². The lowest BCUT2D eigenvalue weighted by atomic mass is 10.0. The van der Waals surface area contributed by atoms with Crippen LogP contribution in [0.3, 0.4) is 0 Å². The fourth-order valence-electron chi connectivity index (χ4n) is 4.61. The number of hydrogen-bond acceptors (Lipinski definition) is 3. The molecule has 0 aliphatic carbocycles. The van der Waals surface area contributed by atoms with Gasteiger partial charge in [0.2, 0.25) is 0 Å². The Morgan fingerprint density at radius 1 is 0.605 bits per heavy atom. The molecule has 38 heavy (non-hydrogen) atoms. The molecule has 0 radical (unpaired) electrons. The maximum absolute atomic E-state index is 12.6. The molecule has 0 amide bonds. The number of unbranched alkanes of at least 4 members (excludes halogenated alkanes) is 10. The molecule has 204 valence electrons. The molecule has 0 N–H and O–H groups in total. The average Bonchev–Trinajstić information content (AvgIpc) is 2.95. The van der Waals surface area contributed by atoms with Gasteiger partial charge in [0.25, 0.3) is 0 Å². The normalized spacial score (nSPS) is 11.0. The maximum Gasteiger partial charge on any atom is 0.343 e. The number of rotatable bonds is 18. The number of aryl methyl sites for hydroxylation is 1. The third-order valence-electron chi connectivity index (χ3n) is 7.03. The van der Waals surface area contributed by atoms with E-state index in [-0.39, 0.29) is 5.97 Å². The van der Waals surface area contributed by atoms with Gasteiger partial charge < -0.3 is 4.74 Å². The van der Waals surface area contributed by atoms with E-state index in [2.05, 4.69) is 50.2 Å². The quantitative estimate of drug-likeness (QED) is 0.0708. The summed E-state index contributed by atoms with van der Waals surface area (Å²) >= 11 is 1.95. The van der Waals surface area contributed by atoms with E-state index in [0.29, 0.717) is 11.3 Å². The fourth-order valence-corrected chi connectivity index (χ4v) is 5.53. The molecule has 0 aromatic heterocycles. The Labute approximate surface area is 235 Å². The van der Waals surface area contributed by atoms with Crippen molar-refractivity contribution in [3.05, 3.63) is 83.9 Å². The van der Waals surface area contributed by atoms with E-state index in [9.17, 15) is 4.79 Å². The van der Waals surface area contributed by atoms with E-state index in [1.54, 1.807) is 0 Å². The molecular weight excluding hydrogens is 484 g/mol. The summed E-state index contributed by atoms with van der Waals surface area (Å²) in [5, 5.41) is 0. The van der Waals surface area contributed by atoms with E-state index in [1.165, 1.54) is 98.8 Å². The van der Waals surface area contributed by atoms with Gasteiger partial charge in [-0.15, -0.1) is 11.8 Å². The van der Waals surface area contributed by atoms with E-state index in [1.807, 2.05) is 48.2 Å². The first kappa shape index (κ1) is 30.0. The van der Waals surface area contributed by atoms with Crippen molar-refractivity contribution in [2.24, 2.45) is 0 Å². The van der Waals surface area contributed by atoms with E-state index in [4.69, 9.17) is 4.74 Å². The Kier molecular flexibility index (Phi) is 14.1. The molecule has 0 atom stereocenters. The van der Waals surface area contributed by atoms with Crippen LogP contribution < -0.4 is 4.74 Å². The lowest BCUT2D eigenvalue weighted by Gasteiger charge is -2.08. The number of carbonyl (C=O) groups is 1. The number of hydrogen-bond donors (Lipinski definition) is 0. The van der Waals surface area contributed by atoms with Gasteiger partial charge in [-0.25, -0.2) is 4.79 Å². The van der Waals surface area contributed by atoms with Crippen molar-refractivity contribution in [2.75, 3.05) is 5.75 Å². The summed E-state index contributed by atoms with van der Waals surface area (Å²) in [4.78, 5) is 14.0. The van der Waals surface area contributed by atoms with Crippen molar-refractivity contribution < 1.29 is 9.53 Å².